The highest BCUT2D eigenvalue weighted by Gasteiger charge is 2.25. The maximum atomic E-state index is 5.39. The third-order valence-corrected chi connectivity index (χ3v) is 2.54. The summed E-state index contributed by atoms with van der Waals surface area (Å²) in [5.41, 5.74) is -0.366. The van der Waals surface area contributed by atoms with Gasteiger partial charge in [-0.2, -0.15) is 0 Å². The Balaban J connectivity index is 3.12. The van der Waals surface area contributed by atoms with Gasteiger partial charge in [-0.05, 0) is 19.4 Å². The maximum absolute atomic E-state index is 5.39. The number of aromatic nitrogens is 2. The van der Waals surface area contributed by atoms with Crippen molar-refractivity contribution in [2.45, 2.75) is 25.9 Å². The topological polar surface area (TPSA) is 37.9 Å². The molecule has 4 heteroatoms. The molecule has 3 nitrogen and oxygen atoms in total. The number of hydrogen-bond donors (Lipinski definition) is 1. The summed E-state index contributed by atoms with van der Waals surface area (Å²) in [4.78, 5) is 7.23. The second kappa shape index (κ2) is 3.98. The largest absolute Gasteiger partial charge is 0.371 e. The number of hydrogen-bond acceptors (Lipinski definition) is 3. The number of ether oxygens (including phenoxy) is 1. The summed E-state index contributed by atoms with van der Waals surface area (Å²) in [6.07, 6.45) is 2.55. The number of nitrogens with zero attached hydrogens (tertiary/aromatic N) is 1. The van der Waals surface area contributed by atoms with Crippen molar-refractivity contribution in [2.75, 3.05) is 7.11 Å². The van der Waals surface area contributed by atoms with Crippen LogP contribution in [0.3, 0.4) is 0 Å². The summed E-state index contributed by atoms with van der Waals surface area (Å²) >= 11 is 5.01. The highest BCUT2D eigenvalue weighted by Crippen LogP contribution is 2.24. The summed E-state index contributed by atoms with van der Waals surface area (Å²) in [5.74, 6) is 0.782. The van der Waals surface area contributed by atoms with Gasteiger partial charge in [0, 0.05) is 13.3 Å². The fraction of sp³-hybridized carbons (Fsp3) is 0.556. The molecular weight excluding hydrogens is 184 g/mol. The van der Waals surface area contributed by atoms with Gasteiger partial charge in [-0.3, -0.25) is 0 Å². The molecule has 0 radical (unpaired) electrons. The van der Waals surface area contributed by atoms with E-state index in [0.29, 0.717) is 4.64 Å². The fourth-order valence-corrected chi connectivity index (χ4v) is 1.20. The zero-order valence-corrected chi connectivity index (χ0v) is 8.94. The first-order valence-electron chi connectivity index (χ1n) is 4.23. The van der Waals surface area contributed by atoms with E-state index in [2.05, 4.69) is 16.9 Å². The Hall–Kier alpha value is -0.740. The van der Waals surface area contributed by atoms with Crippen LogP contribution in [0.25, 0.3) is 0 Å². The van der Waals surface area contributed by atoms with Gasteiger partial charge < -0.3 is 9.72 Å². The first-order chi connectivity index (χ1) is 6.12. The van der Waals surface area contributed by atoms with Crippen molar-refractivity contribution in [1.82, 2.24) is 9.97 Å². The lowest BCUT2D eigenvalue weighted by Gasteiger charge is -2.25. The Labute approximate surface area is 83.2 Å². The van der Waals surface area contributed by atoms with Crippen LogP contribution in [-0.4, -0.2) is 17.1 Å². The van der Waals surface area contributed by atoms with E-state index in [-0.39, 0.29) is 5.60 Å². The second-order valence-electron chi connectivity index (χ2n) is 3.07. The molecule has 0 amide bonds. The van der Waals surface area contributed by atoms with Gasteiger partial charge in [-0.1, -0.05) is 19.1 Å². The predicted molar refractivity (Wildman–Crippen MR) is 54.1 cm³/mol. The van der Waals surface area contributed by atoms with E-state index in [1.807, 2.05) is 6.92 Å². The van der Waals surface area contributed by atoms with Gasteiger partial charge in [0.2, 0.25) is 0 Å². The van der Waals surface area contributed by atoms with Crippen LogP contribution in [-0.2, 0) is 10.3 Å². The number of H-pyrrole nitrogens is 1. The number of nitrogens with one attached hydrogen (secondary N) is 1. The van der Waals surface area contributed by atoms with Crippen LogP contribution in [0.15, 0.2) is 12.3 Å². The number of aromatic amines is 1. The molecule has 0 spiro atoms. The lowest BCUT2D eigenvalue weighted by atomic mass is 10.0. The van der Waals surface area contributed by atoms with E-state index in [4.69, 9.17) is 17.0 Å². The van der Waals surface area contributed by atoms with Crippen LogP contribution in [0.1, 0.15) is 26.1 Å². The fourth-order valence-electron chi connectivity index (χ4n) is 1.05. The smallest absolute Gasteiger partial charge is 0.139 e. The van der Waals surface area contributed by atoms with E-state index in [1.54, 1.807) is 19.4 Å². The molecule has 72 valence electrons. The average molecular weight is 198 g/mol. The molecule has 0 aliphatic rings. The van der Waals surface area contributed by atoms with Crippen molar-refractivity contribution >= 4 is 12.2 Å². The normalized spacial score (nSPS) is 15.3. The molecule has 0 saturated carbocycles. The third-order valence-electron chi connectivity index (χ3n) is 2.30. The lowest BCUT2D eigenvalue weighted by Crippen LogP contribution is -2.26. The van der Waals surface area contributed by atoms with Crippen molar-refractivity contribution < 1.29 is 4.74 Å². The first-order valence-corrected chi connectivity index (χ1v) is 4.64. The first kappa shape index (κ1) is 10.3. The Bertz CT molecular complexity index is 330. The minimum atomic E-state index is -0.366. The Kier molecular flexibility index (Phi) is 3.17. The molecule has 0 aromatic carbocycles. The average Bonchev–Trinajstić information content (AvgIpc) is 2.17. The summed E-state index contributed by atoms with van der Waals surface area (Å²) in [7, 11) is 1.68. The highest BCUT2D eigenvalue weighted by molar-refractivity contribution is 7.71. The highest BCUT2D eigenvalue weighted by atomic mass is 32.1. The Morgan fingerprint density at radius 3 is 2.85 bits per heavy atom. The quantitative estimate of drug-likeness (QED) is 0.758. The molecule has 0 aliphatic carbocycles. The van der Waals surface area contributed by atoms with E-state index in [0.717, 1.165) is 12.2 Å². The zero-order chi connectivity index (χ0) is 9.90. The summed E-state index contributed by atoms with van der Waals surface area (Å²) in [6, 6.07) is 1.75. The maximum Gasteiger partial charge on any atom is 0.139 e. The molecule has 1 heterocycles. The molecule has 1 atom stereocenters. The van der Waals surface area contributed by atoms with E-state index < -0.39 is 0 Å². The van der Waals surface area contributed by atoms with Crippen molar-refractivity contribution in [1.29, 1.82) is 0 Å². The zero-order valence-electron chi connectivity index (χ0n) is 8.13. The van der Waals surface area contributed by atoms with Crippen LogP contribution in [0.5, 0.6) is 0 Å². The van der Waals surface area contributed by atoms with Gasteiger partial charge in [0.25, 0.3) is 0 Å². The van der Waals surface area contributed by atoms with E-state index in [9.17, 15) is 0 Å². The third kappa shape index (κ3) is 2.14. The lowest BCUT2D eigenvalue weighted by molar-refractivity contribution is -0.00907. The molecule has 0 bridgehead atoms. The van der Waals surface area contributed by atoms with Crippen molar-refractivity contribution in [3.05, 3.63) is 22.7 Å². The van der Waals surface area contributed by atoms with Crippen molar-refractivity contribution in [3.8, 4) is 0 Å². The molecular formula is C9H14N2OS. The van der Waals surface area contributed by atoms with Gasteiger partial charge in [0.1, 0.15) is 16.1 Å². The van der Waals surface area contributed by atoms with Gasteiger partial charge in [-0.15, -0.1) is 0 Å². The van der Waals surface area contributed by atoms with Gasteiger partial charge >= 0.3 is 0 Å². The van der Waals surface area contributed by atoms with Crippen molar-refractivity contribution in [2.24, 2.45) is 0 Å². The number of rotatable bonds is 3. The van der Waals surface area contributed by atoms with Crippen LogP contribution in [0.4, 0.5) is 0 Å². The van der Waals surface area contributed by atoms with Crippen LogP contribution >= 0.6 is 12.2 Å². The summed E-state index contributed by atoms with van der Waals surface area (Å²) in [5, 5.41) is 0. The summed E-state index contributed by atoms with van der Waals surface area (Å²) in [6.45, 7) is 4.04. The molecule has 0 fully saturated rings. The molecule has 13 heavy (non-hydrogen) atoms. The van der Waals surface area contributed by atoms with E-state index >= 15 is 0 Å². The van der Waals surface area contributed by atoms with Crippen LogP contribution in [0.2, 0.25) is 0 Å². The van der Waals surface area contributed by atoms with Crippen molar-refractivity contribution in [3.63, 3.8) is 0 Å². The monoisotopic (exact) mass is 198 g/mol. The van der Waals surface area contributed by atoms with Crippen LogP contribution in [0, 0.1) is 4.64 Å². The van der Waals surface area contributed by atoms with Gasteiger partial charge in [0.15, 0.2) is 0 Å². The molecule has 1 N–H and O–H groups in total. The molecule has 1 unspecified atom stereocenters. The molecule has 1 rings (SSSR count). The standard InChI is InChI=1S/C9H14N2OS/c1-4-9(2,12-3)8-10-6-5-7(13)11-8/h5-6H,4H2,1-3H3,(H,10,11,13). The second-order valence-corrected chi connectivity index (χ2v) is 3.51. The van der Waals surface area contributed by atoms with E-state index in [1.165, 1.54) is 0 Å². The minimum absolute atomic E-state index is 0.366. The number of methoxy groups -OCH3 is 1. The molecule has 1 aromatic heterocycles. The van der Waals surface area contributed by atoms with Gasteiger partial charge in [0.05, 0.1) is 0 Å². The molecule has 1 aromatic rings. The Morgan fingerprint density at radius 1 is 1.69 bits per heavy atom. The molecule has 0 saturated heterocycles. The molecule has 0 aliphatic heterocycles. The minimum Gasteiger partial charge on any atom is -0.371 e. The predicted octanol–water partition coefficient (Wildman–Crippen LogP) is 2.41. The Morgan fingerprint density at radius 2 is 2.38 bits per heavy atom. The van der Waals surface area contributed by atoms with Crippen LogP contribution < -0.4 is 0 Å². The van der Waals surface area contributed by atoms with Gasteiger partial charge in [-0.25, -0.2) is 4.98 Å². The summed E-state index contributed by atoms with van der Waals surface area (Å²) < 4.78 is 6.07. The SMILES string of the molecule is CCC(C)(OC)c1nccc(=S)[nH]1.